The Labute approximate surface area is 222 Å². The van der Waals surface area contributed by atoms with Gasteiger partial charge in [-0.05, 0) is 49.2 Å². The van der Waals surface area contributed by atoms with Gasteiger partial charge in [0.05, 0.1) is 50.9 Å². The first-order valence-electron chi connectivity index (χ1n) is 11.6. The van der Waals surface area contributed by atoms with Gasteiger partial charge in [0, 0.05) is 16.4 Å². The van der Waals surface area contributed by atoms with Crippen LogP contribution in [-0.2, 0) is 29.0 Å². The maximum absolute atomic E-state index is 13.5. The first kappa shape index (κ1) is 26.5. The molecule has 0 bridgehead atoms. The largest absolute Gasteiger partial charge is 0.495 e. The molecule has 2 aromatic heterocycles. The van der Waals surface area contributed by atoms with Crippen LogP contribution < -0.4 is 20.7 Å². The smallest absolute Gasteiger partial charge is 0.410 e. The van der Waals surface area contributed by atoms with Gasteiger partial charge in [0.2, 0.25) is 5.91 Å². The molecule has 196 valence electrons. The zero-order valence-electron chi connectivity index (χ0n) is 20.4. The minimum Gasteiger partial charge on any atom is -0.495 e. The van der Waals surface area contributed by atoms with Crippen LogP contribution in [0.4, 0.5) is 15.5 Å². The first-order chi connectivity index (χ1) is 17.9. The maximum Gasteiger partial charge on any atom is 0.410 e. The van der Waals surface area contributed by atoms with E-state index in [4.69, 9.17) is 25.5 Å². The lowest BCUT2D eigenvalue weighted by atomic mass is 10.0. The topological polar surface area (TPSA) is 122 Å². The van der Waals surface area contributed by atoms with Gasteiger partial charge in [-0.15, -0.1) is 11.3 Å². The molecular formula is C25H27ClN4O6S. The van der Waals surface area contributed by atoms with Crippen molar-refractivity contribution < 1.29 is 28.3 Å². The van der Waals surface area contributed by atoms with E-state index in [0.29, 0.717) is 52.3 Å². The van der Waals surface area contributed by atoms with Gasteiger partial charge in [0.25, 0.3) is 5.91 Å². The molecule has 3 aromatic rings. The Kier molecular flexibility index (Phi) is 8.70. The van der Waals surface area contributed by atoms with Crippen molar-refractivity contribution in [2.24, 2.45) is 0 Å². The first-order valence-corrected chi connectivity index (χ1v) is 12.8. The number of furan rings is 1. The molecule has 1 aliphatic heterocycles. The molecule has 0 saturated carbocycles. The Morgan fingerprint density at radius 1 is 1.22 bits per heavy atom. The third-order valence-electron chi connectivity index (χ3n) is 5.64. The molecule has 0 unspecified atom stereocenters. The Hall–Kier alpha value is -3.54. The normalized spacial score (nSPS) is 12.6. The number of anilines is 2. The SMILES string of the molecule is CCOC(=O)N1CCc2c(sc(NC(=O)CNCc3ccco3)c2C(=O)Nc2cc(Cl)ccc2OC)C1. The zero-order chi connectivity index (χ0) is 26.4. The Balaban J connectivity index is 1.57. The summed E-state index contributed by atoms with van der Waals surface area (Å²) in [5, 5.41) is 9.57. The highest BCUT2D eigenvalue weighted by atomic mass is 35.5. The molecule has 3 N–H and O–H groups in total. The van der Waals surface area contributed by atoms with Gasteiger partial charge in [0.1, 0.15) is 16.5 Å². The third-order valence-corrected chi connectivity index (χ3v) is 7.00. The molecule has 37 heavy (non-hydrogen) atoms. The van der Waals surface area contributed by atoms with E-state index in [1.54, 1.807) is 48.4 Å². The van der Waals surface area contributed by atoms with Gasteiger partial charge in [0.15, 0.2) is 0 Å². The molecule has 0 radical (unpaired) electrons. The van der Waals surface area contributed by atoms with Crippen molar-refractivity contribution >= 4 is 51.5 Å². The fraction of sp³-hybridized carbons (Fsp3) is 0.320. The lowest BCUT2D eigenvalue weighted by Crippen LogP contribution is -2.36. The Morgan fingerprint density at radius 2 is 2.05 bits per heavy atom. The van der Waals surface area contributed by atoms with E-state index in [2.05, 4.69) is 16.0 Å². The van der Waals surface area contributed by atoms with E-state index in [1.807, 2.05) is 0 Å². The fourth-order valence-corrected chi connectivity index (χ4v) is 5.40. The number of carbonyl (C=O) groups is 3. The fourth-order valence-electron chi connectivity index (χ4n) is 3.95. The number of methoxy groups -OCH3 is 1. The highest BCUT2D eigenvalue weighted by molar-refractivity contribution is 7.17. The van der Waals surface area contributed by atoms with Crippen LogP contribution in [0, 0.1) is 0 Å². The third kappa shape index (κ3) is 6.43. The van der Waals surface area contributed by atoms with E-state index in [0.717, 1.165) is 10.4 Å². The Morgan fingerprint density at radius 3 is 2.78 bits per heavy atom. The van der Waals surface area contributed by atoms with Gasteiger partial charge >= 0.3 is 6.09 Å². The van der Waals surface area contributed by atoms with Crippen molar-refractivity contribution in [2.45, 2.75) is 26.4 Å². The molecule has 10 nitrogen and oxygen atoms in total. The molecular weight excluding hydrogens is 520 g/mol. The highest BCUT2D eigenvalue weighted by Crippen LogP contribution is 2.38. The average Bonchev–Trinajstić information content (AvgIpc) is 3.51. The van der Waals surface area contributed by atoms with Gasteiger partial charge < -0.3 is 34.7 Å². The summed E-state index contributed by atoms with van der Waals surface area (Å²) in [6.07, 6.45) is 1.59. The summed E-state index contributed by atoms with van der Waals surface area (Å²) in [4.78, 5) is 40.9. The monoisotopic (exact) mass is 546 g/mol. The molecule has 12 heteroatoms. The van der Waals surface area contributed by atoms with Crippen LogP contribution in [0.2, 0.25) is 5.02 Å². The zero-order valence-corrected chi connectivity index (χ0v) is 22.0. The summed E-state index contributed by atoms with van der Waals surface area (Å²) in [7, 11) is 1.50. The summed E-state index contributed by atoms with van der Waals surface area (Å²) in [6.45, 7) is 3.10. The molecule has 0 aliphatic carbocycles. The van der Waals surface area contributed by atoms with Gasteiger partial charge in [-0.25, -0.2) is 4.79 Å². The van der Waals surface area contributed by atoms with E-state index in [1.165, 1.54) is 18.4 Å². The summed E-state index contributed by atoms with van der Waals surface area (Å²) < 4.78 is 15.7. The Bertz CT molecular complexity index is 1280. The van der Waals surface area contributed by atoms with Crippen LogP contribution >= 0.6 is 22.9 Å². The van der Waals surface area contributed by atoms with E-state index in [-0.39, 0.29) is 25.6 Å². The average molecular weight is 547 g/mol. The number of hydrogen-bond donors (Lipinski definition) is 3. The van der Waals surface area contributed by atoms with Crippen LogP contribution in [0.1, 0.15) is 33.5 Å². The summed E-state index contributed by atoms with van der Waals surface area (Å²) in [5.41, 5.74) is 1.54. The number of benzene rings is 1. The number of nitrogens with zero attached hydrogens (tertiary/aromatic N) is 1. The van der Waals surface area contributed by atoms with Crippen LogP contribution in [0.15, 0.2) is 41.0 Å². The number of amides is 3. The molecule has 3 amide bonds. The van der Waals surface area contributed by atoms with Crippen LogP contribution in [0.3, 0.4) is 0 Å². The molecule has 0 spiro atoms. The molecule has 1 aliphatic rings. The number of halogens is 1. The second-order valence-electron chi connectivity index (χ2n) is 8.11. The number of thiophene rings is 1. The minimum atomic E-state index is -0.415. The summed E-state index contributed by atoms with van der Waals surface area (Å²) in [5.74, 6) is 0.417. The molecule has 0 saturated heterocycles. The maximum atomic E-state index is 13.5. The van der Waals surface area contributed by atoms with Gasteiger partial charge in [-0.2, -0.15) is 0 Å². The number of hydrogen-bond acceptors (Lipinski definition) is 8. The number of rotatable bonds is 9. The molecule has 1 aromatic carbocycles. The molecule has 3 heterocycles. The van der Waals surface area contributed by atoms with Crippen LogP contribution in [-0.4, -0.2) is 49.6 Å². The van der Waals surface area contributed by atoms with Crippen molar-refractivity contribution in [3.8, 4) is 5.75 Å². The van der Waals surface area contributed by atoms with E-state index < -0.39 is 12.0 Å². The lowest BCUT2D eigenvalue weighted by Gasteiger charge is -2.26. The number of nitrogens with one attached hydrogen (secondary N) is 3. The van der Waals surface area contributed by atoms with Gasteiger partial charge in [-0.1, -0.05) is 11.6 Å². The van der Waals surface area contributed by atoms with E-state index in [9.17, 15) is 14.4 Å². The molecule has 4 rings (SSSR count). The molecule has 0 atom stereocenters. The molecule has 0 fully saturated rings. The lowest BCUT2D eigenvalue weighted by molar-refractivity contribution is -0.115. The van der Waals surface area contributed by atoms with Gasteiger partial charge in [-0.3, -0.25) is 9.59 Å². The summed E-state index contributed by atoms with van der Waals surface area (Å²) in [6, 6.07) is 8.49. The number of ether oxygens (including phenoxy) is 2. The summed E-state index contributed by atoms with van der Waals surface area (Å²) >= 11 is 7.40. The van der Waals surface area contributed by atoms with Crippen LogP contribution in [0.5, 0.6) is 5.75 Å². The second-order valence-corrected chi connectivity index (χ2v) is 9.65. The minimum absolute atomic E-state index is 0.0153. The second kappa shape index (κ2) is 12.1. The quantitative estimate of drug-likeness (QED) is 0.361. The predicted molar refractivity (Wildman–Crippen MR) is 140 cm³/mol. The van der Waals surface area contributed by atoms with Crippen LogP contribution in [0.25, 0.3) is 0 Å². The van der Waals surface area contributed by atoms with Crippen molar-refractivity contribution in [3.05, 3.63) is 63.4 Å². The van der Waals surface area contributed by atoms with Crippen molar-refractivity contribution in [2.75, 3.05) is 37.4 Å². The standard InChI is InChI=1S/C25H27ClN4O6S/c1-3-35-25(33)30-9-8-17-20(14-30)37-24(29-21(31)13-27-12-16-5-4-10-36-16)22(17)23(32)28-18-11-15(26)6-7-19(18)34-2/h4-7,10-11,27H,3,8-9,12-14H2,1-2H3,(H,28,32)(H,29,31). The predicted octanol–water partition coefficient (Wildman–Crippen LogP) is 4.50. The van der Waals surface area contributed by atoms with E-state index >= 15 is 0 Å². The number of carbonyl (C=O) groups excluding carboxylic acids is 3. The van der Waals surface area contributed by atoms with Crippen molar-refractivity contribution in [1.29, 1.82) is 0 Å². The number of fused-ring (bicyclic) bond motifs is 1. The van der Waals surface area contributed by atoms with Crippen molar-refractivity contribution in [1.82, 2.24) is 10.2 Å². The highest BCUT2D eigenvalue weighted by Gasteiger charge is 2.31. The van der Waals surface area contributed by atoms with Crippen molar-refractivity contribution in [3.63, 3.8) is 0 Å².